The molecule has 1 atom stereocenters. The van der Waals surface area contributed by atoms with Crippen LogP contribution < -0.4 is 14.8 Å². The predicted octanol–water partition coefficient (Wildman–Crippen LogP) is 4.53. The number of aromatic nitrogens is 2. The molecular weight excluding hydrogens is 483 g/mol. The SMILES string of the molecule is COc1ccc(CN(C(=O)c2cnsn2)[C@H](C(=O)NC2CCCCC2)c2ccc(F)cc2)c(OC)c1. The van der Waals surface area contributed by atoms with Crippen molar-refractivity contribution in [1.82, 2.24) is 19.0 Å². The lowest BCUT2D eigenvalue weighted by atomic mass is 9.94. The van der Waals surface area contributed by atoms with Gasteiger partial charge in [0.1, 0.15) is 23.4 Å². The molecule has 0 spiro atoms. The molecule has 1 aliphatic rings. The van der Waals surface area contributed by atoms with Crippen LogP contribution in [-0.4, -0.2) is 45.7 Å². The molecule has 0 aliphatic heterocycles. The molecule has 1 N–H and O–H groups in total. The van der Waals surface area contributed by atoms with Gasteiger partial charge < -0.3 is 19.7 Å². The minimum atomic E-state index is -1.02. The number of amides is 2. The third-order valence-corrected chi connectivity index (χ3v) is 6.85. The number of ether oxygens (including phenoxy) is 2. The van der Waals surface area contributed by atoms with Crippen LogP contribution in [0.4, 0.5) is 4.39 Å². The summed E-state index contributed by atoms with van der Waals surface area (Å²) in [6.07, 6.45) is 6.39. The summed E-state index contributed by atoms with van der Waals surface area (Å²) in [5, 5.41) is 3.13. The van der Waals surface area contributed by atoms with Crippen molar-refractivity contribution in [3.8, 4) is 11.5 Å². The Morgan fingerprint density at radius 2 is 1.86 bits per heavy atom. The van der Waals surface area contributed by atoms with E-state index in [9.17, 15) is 14.0 Å². The number of carbonyl (C=O) groups is 2. The first-order chi connectivity index (χ1) is 17.5. The lowest BCUT2D eigenvalue weighted by Crippen LogP contribution is -2.47. The van der Waals surface area contributed by atoms with Gasteiger partial charge in [0.2, 0.25) is 5.91 Å². The van der Waals surface area contributed by atoms with E-state index in [1.54, 1.807) is 25.3 Å². The number of halogens is 1. The summed E-state index contributed by atoms with van der Waals surface area (Å²) in [6, 6.07) is 9.93. The molecule has 1 saturated carbocycles. The largest absolute Gasteiger partial charge is 0.497 e. The smallest absolute Gasteiger partial charge is 0.276 e. The van der Waals surface area contributed by atoms with Crippen LogP contribution >= 0.6 is 11.7 Å². The maximum Gasteiger partial charge on any atom is 0.276 e. The summed E-state index contributed by atoms with van der Waals surface area (Å²) in [6.45, 7) is 0.0453. The number of nitrogens with zero attached hydrogens (tertiary/aromatic N) is 3. The van der Waals surface area contributed by atoms with Crippen LogP contribution in [0, 0.1) is 5.82 Å². The summed E-state index contributed by atoms with van der Waals surface area (Å²) in [7, 11) is 3.09. The number of hydrogen-bond donors (Lipinski definition) is 1. The van der Waals surface area contributed by atoms with Crippen molar-refractivity contribution in [2.45, 2.75) is 50.7 Å². The topological polar surface area (TPSA) is 93.7 Å². The Labute approximate surface area is 213 Å². The Morgan fingerprint density at radius 3 is 2.50 bits per heavy atom. The van der Waals surface area contributed by atoms with Crippen molar-refractivity contribution in [3.05, 3.63) is 71.3 Å². The molecule has 4 rings (SSSR count). The third-order valence-electron chi connectivity index (χ3n) is 6.37. The van der Waals surface area contributed by atoms with Gasteiger partial charge in [-0.15, -0.1) is 0 Å². The summed E-state index contributed by atoms with van der Waals surface area (Å²) in [5.74, 6) is -0.104. The predicted molar refractivity (Wildman–Crippen MR) is 133 cm³/mol. The zero-order valence-corrected chi connectivity index (χ0v) is 21.1. The van der Waals surface area contributed by atoms with E-state index in [-0.39, 0.29) is 24.2 Å². The van der Waals surface area contributed by atoms with Crippen molar-refractivity contribution in [1.29, 1.82) is 0 Å². The van der Waals surface area contributed by atoms with E-state index in [2.05, 4.69) is 14.1 Å². The first-order valence-electron chi connectivity index (χ1n) is 11.9. The van der Waals surface area contributed by atoms with Gasteiger partial charge in [0.25, 0.3) is 5.91 Å². The van der Waals surface area contributed by atoms with Crippen molar-refractivity contribution >= 4 is 23.5 Å². The lowest BCUT2D eigenvalue weighted by Gasteiger charge is -2.33. The highest BCUT2D eigenvalue weighted by atomic mass is 32.1. The summed E-state index contributed by atoms with van der Waals surface area (Å²) in [5.41, 5.74) is 1.30. The van der Waals surface area contributed by atoms with E-state index in [1.807, 2.05) is 0 Å². The van der Waals surface area contributed by atoms with Crippen LogP contribution in [0.3, 0.4) is 0 Å². The Kier molecular flexibility index (Phi) is 8.48. The van der Waals surface area contributed by atoms with Crippen LogP contribution in [0.25, 0.3) is 0 Å². The van der Waals surface area contributed by atoms with E-state index in [1.165, 1.54) is 42.5 Å². The fraction of sp³-hybridized carbons (Fsp3) is 0.385. The lowest BCUT2D eigenvalue weighted by molar-refractivity contribution is -0.127. The number of carbonyl (C=O) groups excluding carboxylic acids is 2. The molecule has 10 heteroatoms. The van der Waals surface area contributed by atoms with Crippen LogP contribution in [0.5, 0.6) is 11.5 Å². The molecule has 2 aromatic carbocycles. The van der Waals surface area contributed by atoms with E-state index >= 15 is 0 Å². The first-order valence-corrected chi connectivity index (χ1v) is 12.6. The highest BCUT2D eigenvalue weighted by Gasteiger charge is 2.35. The summed E-state index contributed by atoms with van der Waals surface area (Å²) in [4.78, 5) is 28.9. The van der Waals surface area contributed by atoms with E-state index in [4.69, 9.17) is 9.47 Å². The van der Waals surface area contributed by atoms with Gasteiger partial charge in [-0.05, 0) is 42.7 Å². The van der Waals surface area contributed by atoms with Gasteiger partial charge in [-0.3, -0.25) is 9.59 Å². The zero-order valence-electron chi connectivity index (χ0n) is 20.3. The molecule has 0 bridgehead atoms. The van der Waals surface area contributed by atoms with E-state index in [0.717, 1.165) is 43.8 Å². The summed E-state index contributed by atoms with van der Waals surface area (Å²) >= 11 is 0.912. The quantitative estimate of drug-likeness (QED) is 0.453. The highest BCUT2D eigenvalue weighted by molar-refractivity contribution is 6.99. The average molecular weight is 513 g/mol. The number of methoxy groups -OCH3 is 2. The Hall–Kier alpha value is -3.53. The second-order valence-electron chi connectivity index (χ2n) is 8.70. The van der Waals surface area contributed by atoms with Gasteiger partial charge in [0.05, 0.1) is 38.7 Å². The van der Waals surface area contributed by atoms with Gasteiger partial charge >= 0.3 is 0 Å². The standard InChI is InChI=1S/C26H29FN4O4S/c1-34-21-13-10-18(23(14-21)35-2)16-31(26(33)22-15-28-36-30-22)24(17-8-11-19(27)12-9-17)25(32)29-20-6-4-3-5-7-20/h8-15,20,24H,3-7,16H2,1-2H3,(H,29,32)/t24-/m0/s1. The van der Waals surface area contributed by atoms with Crippen LogP contribution in [0.15, 0.2) is 48.7 Å². The number of hydrogen-bond acceptors (Lipinski definition) is 7. The maximum atomic E-state index is 13.8. The van der Waals surface area contributed by atoms with Crippen molar-refractivity contribution in [2.75, 3.05) is 14.2 Å². The fourth-order valence-corrected chi connectivity index (χ4v) is 4.90. The molecule has 1 fully saturated rings. The van der Waals surface area contributed by atoms with Gasteiger partial charge in [0.15, 0.2) is 5.69 Å². The van der Waals surface area contributed by atoms with Crippen molar-refractivity contribution < 1.29 is 23.5 Å². The molecule has 0 saturated heterocycles. The van der Waals surface area contributed by atoms with Crippen molar-refractivity contribution in [2.24, 2.45) is 0 Å². The van der Waals surface area contributed by atoms with Crippen molar-refractivity contribution in [3.63, 3.8) is 0 Å². The number of nitrogens with one attached hydrogen (secondary N) is 1. The van der Waals surface area contributed by atoms with Gasteiger partial charge in [0, 0.05) is 17.7 Å². The third kappa shape index (κ3) is 5.99. The van der Waals surface area contributed by atoms with Crippen LogP contribution in [0.2, 0.25) is 0 Å². The monoisotopic (exact) mass is 512 g/mol. The molecule has 36 heavy (non-hydrogen) atoms. The molecule has 1 heterocycles. The molecule has 2 amide bonds. The highest BCUT2D eigenvalue weighted by Crippen LogP contribution is 2.31. The maximum absolute atomic E-state index is 13.8. The molecule has 0 unspecified atom stereocenters. The minimum absolute atomic E-state index is 0.0302. The Balaban J connectivity index is 1.76. The Bertz CT molecular complexity index is 1170. The molecule has 1 aromatic heterocycles. The van der Waals surface area contributed by atoms with Gasteiger partial charge in [-0.2, -0.15) is 8.75 Å². The molecular formula is C26H29FN4O4S. The minimum Gasteiger partial charge on any atom is -0.497 e. The molecule has 3 aromatic rings. The molecule has 190 valence electrons. The van der Waals surface area contributed by atoms with Gasteiger partial charge in [-0.25, -0.2) is 4.39 Å². The normalized spacial score (nSPS) is 14.6. The average Bonchev–Trinajstić information content (AvgIpc) is 3.45. The van der Waals surface area contributed by atoms with Gasteiger partial charge in [-0.1, -0.05) is 31.4 Å². The molecule has 0 radical (unpaired) electrons. The first kappa shape index (κ1) is 25.6. The summed E-state index contributed by atoms with van der Waals surface area (Å²) < 4.78 is 32.7. The second-order valence-corrected chi connectivity index (χ2v) is 9.26. The number of benzene rings is 2. The Morgan fingerprint density at radius 1 is 1.11 bits per heavy atom. The van der Waals surface area contributed by atoms with Crippen LogP contribution in [0.1, 0.15) is 59.8 Å². The molecule has 1 aliphatic carbocycles. The number of rotatable bonds is 9. The molecule has 8 nitrogen and oxygen atoms in total. The van der Waals surface area contributed by atoms with Crippen LogP contribution in [-0.2, 0) is 11.3 Å². The second kappa shape index (κ2) is 11.9. The van der Waals surface area contributed by atoms with E-state index < -0.39 is 17.8 Å². The fourth-order valence-electron chi connectivity index (χ4n) is 4.50. The van der Waals surface area contributed by atoms with E-state index in [0.29, 0.717) is 22.6 Å². The zero-order chi connectivity index (χ0) is 25.5.